The van der Waals surface area contributed by atoms with Gasteiger partial charge in [0.25, 0.3) is 0 Å². The van der Waals surface area contributed by atoms with Crippen molar-refractivity contribution >= 4 is 11.8 Å². The Morgan fingerprint density at radius 3 is 2.46 bits per heavy atom. The number of primary amides is 1. The minimum atomic E-state index is -0.427. The lowest BCUT2D eigenvalue weighted by molar-refractivity contribution is -0.125. The molecular weight excluding hydrogens is 168 g/mol. The summed E-state index contributed by atoms with van der Waals surface area (Å²) in [6, 6.07) is 0. The van der Waals surface area contributed by atoms with E-state index in [4.69, 9.17) is 5.73 Å². The average molecular weight is 186 g/mol. The topological polar surface area (TPSA) is 72.2 Å². The molecule has 0 aliphatic heterocycles. The Labute approximate surface area is 78.9 Å². The minimum absolute atomic E-state index is 0.0881. The van der Waals surface area contributed by atoms with Gasteiger partial charge in [-0.2, -0.15) is 0 Å². The summed E-state index contributed by atoms with van der Waals surface area (Å²) >= 11 is 0. The molecule has 0 aliphatic carbocycles. The van der Waals surface area contributed by atoms with E-state index in [2.05, 4.69) is 12.2 Å². The number of amides is 2. The summed E-state index contributed by atoms with van der Waals surface area (Å²) in [5.74, 6) is -0.515. The van der Waals surface area contributed by atoms with Gasteiger partial charge in [0.05, 0.1) is 0 Å². The third-order valence-corrected chi connectivity index (χ3v) is 1.70. The van der Waals surface area contributed by atoms with E-state index in [1.807, 2.05) is 0 Å². The highest BCUT2D eigenvalue weighted by Gasteiger charge is 2.02. The number of unbranched alkanes of at least 4 members (excludes halogenated alkanes) is 2. The van der Waals surface area contributed by atoms with E-state index in [9.17, 15) is 9.59 Å². The third kappa shape index (κ3) is 8.85. The standard InChI is InChI=1S/C9H18N2O2/c1-2-3-4-7-11-9(13)6-5-8(10)12/h2-7H2,1H3,(H2,10,12)(H,11,13). The van der Waals surface area contributed by atoms with Gasteiger partial charge in [-0.15, -0.1) is 0 Å². The number of rotatable bonds is 7. The first-order valence-electron chi connectivity index (χ1n) is 4.71. The number of hydrogen-bond donors (Lipinski definition) is 2. The molecule has 4 nitrogen and oxygen atoms in total. The van der Waals surface area contributed by atoms with Crippen LogP contribution in [0.3, 0.4) is 0 Å². The first kappa shape index (κ1) is 11.9. The molecule has 0 rings (SSSR count). The summed E-state index contributed by atoms with van der Waals surface area (Å²) < 4.78 is 0. The van der Waals surface area contributed by atoms with E-state index in [-0.39, 0.29) is 18.7 Å². The van der Waals surface area contributed by atoms with Crippen LogP contribution in [0.25, 0.3) is 0 Å². The maximum absolute atomic E-state index is 11.0. The fourth-order valence-electron chi connectivity index (χ4n) is 0.928. The first-order chi connectivity index (χ1) is 6.16. The third-order valence-electron chi connectivity index (χ3n) is 1.70. The molecule has 0 heterocycles. The van der Waals surface area contributed by atoms with Crippen molar-refractivity contribution < 1.29 is 9.59 Å². The maximum Gasteiger partial charge on any atom is 0.220 e. The zero-order valence-corrected chi connectivity index (χ0v) is 8.14. The predicted octanol–water partition coefficient (Wildman–Crippen LogP) is 0.558. The van der Waals surface area contributed by atoms with Gasteiger partial charge < -0.3 is 11.1 Å². The molecule has 0 aromatic heterocycles. The van der Waals surface area contributed by atoms with E-state index >= 15 is 0 Å². The Morgan fingerprint density at radius 2 is 1.92 bits per heavy atom. The van der Waals surface area contributed by atoms with Crippen LogP contribution in [0.2, 0.25) is 0 Å². The quantitative estimate of drug-likeness (QED) is 0.570. The summed E-state index contributed by atoms with van der Waals surface area (Å²) in [6.07, 6.45) is 3.60. The molecule has 0 atom stereocenters. The average Bonchev–Trinajstić information content (AvgIpc) is 2.09. The van der Waals surface area contributed by atoms with Crippen LogP contribution in [0.1, 0.15) is 39.0 Å². The summed E-state index contributed by atoms with van der Waals surface area (Å²) in [7, 11) is 0. The van der Waals surface area contributed by atoms with Crippen LogP contribution in [0.5, 0.6) is 0 Å². The Bertz CT molecular complexity index is 169. The van der Waals surface area contributed by atoms with E-state index in [1.54, 1.807) is 0 Å². The highest BCUT2D eigenvalue weighted by Crippen LogP contribution is 1.92. The molecule has 0 bridgehead atoms. The lowest BCUT2D eigenvalue weighted by Gasteiger charge is -2.02. The second kappa shape index (κ2) is 7.58. The molecule has 0 fully saturated rings. The van der Waals surface area contributed by atoms with Gasteiger partial charge in [0.2, 0.25) is 11.8 Å². The van der Waals surface area contributed by atoms with Crippen molar-refractivity contribution in [2.24, 2.45) is 5.73 Å². The molecule has 0 saturated heterocycles. The molecule has 76 valence electrons. The van der Waals surface area contributed by atoms with Crippen LogP contribution < -0.4 is 11.1 Å². The fraction of sp³-hybridized carbons (Fsp3) is 0.778. The zero-order chi connectivity index (χ0) is 10.1. The van der Waals surface area contributed by atoms with Crippen LogP contribution >= 0.6 is 0 Å². The van der Waals surface area contributed by atoms with Gasteiger partial charge in [0.1, 0.15) is 0 Å². The maximum atomic E-state index is 11.0. The van der Waals surface area contributed by atoms with E-state index in [1.165, 1.54) is 0 Å². The van der Waals surface area contributed by atoms with Gasteiger partial charge in [-0.1, -0.05) is 19.8 Å². The number of carbonyl (C=O) groups is 2. The van der Waals surface area contributed by atoms with Crippen molar-refractivity contribution in [1.29, 1.82) is 0 Å². The lowest BCUT2D eigenvalue weighted by Crippen LogP contribution is -2.25. The second-order valence-corrected chi connectivity index (χ2v) is 3.02. The molecule has 3 N–H and O–H groups in total. The van der Waals surface area contributed by atoms with Crippen molar-refractivity contribution in [2.45, 2.75) is 39.0 Å². The molecular formula is C9H18N2O2. The van der Waals surface area contributed by atoms with Crippen molar-refractivity contribution in [1.82, 2.24) is 5.32 Å². The Morgan fingerprint density at radius 1 is 1.23 bits per heavy atom. The van der Waals surface area contributed by atoms with Crippen LogP contribution in [0.15, 0.2) is 0 Å². The number of nitrogens with one attached hydrogen (secondary N) is 1. The number of carbonyl (C=O) groups excluding carboxylic acids is 2. The SMILES string of the molecule is CCCCCNC(=O)CCC(N)=O. The van der Waals surface area contributed by atoms with Crippen LogP contribution in [0.4, 0.5) is 0 Å². The van der Waals surface area contributed by atoms with Gasteiger partial charge >= 0.3 is 0 Å². The van der Waals surface area contributed by atoms with Crippen LogP contribution in [0, 0.1) is 0 Å². The minimum Gasteiger partial charge on any atom is -0.370 e. The van der Waals surface area contributed by atoms with Crippen molar-refractivity contribution in [3.05, 3.63) is 0 Å². The van der Waals surface area contributed by atoms with Crippen molar-refractivity contribution in [3.63, 3.8) is 0 Å². The highest BCUT2D eigenvalue weighted by molar-refractivity contribution is 5.82. The van der Waals surface area contributed by atoms with Gasteiger partial charge in [0, 0.05) is 19.4 Å². The van der Waals surface area contributed by atoms with Gasteiger partial charge in [-0.05, 0) is 6.42 Å². The smallest absolute Gasteiger partial charge is 0.220 e. The van der Waals surface area contributed by atoms with Gasteiger partial charge in [0.15, 0.2) is 0 Å². The van der Waals surface area contributed by atoms with Gasteiger partial charge in [-0.25, -0.2) is 0 Å². The van der Waals surface area contributed by atoms with Crippen LogP contribution in [-0.2, 0) is 9.59 Å². The van der Waals surface area contributed by atoms with Crippen molar-refractivity contribution in [2.75, 3.05) is 6.54 Å². The van der Waals surface area contributed by atoms with E-state index < -0.39 is 5.91 Å². The largest absolute Gasteiger partial charge is 0.370 e. The summed E-state index contributed by atoms with van der Waals surface area (Å²) in [5, 5.41) is 2.73. The van der Waals surface area contributed by atoms with Crippen molar-refractivity contribution in [3.8, 4) is 0 Å². The molecule has 0 aromatic carbocycles. The molecule has 0 aliphatic rings. The van der Waals surface area contributed by atoms with E-state index in [0.29, 0.717) is 6.54 Å². The molecule has 2 amide bonds. The Kier molecular flexibility index (Phi) is 6.96. The molecule has 0 saturated carbocycles. The number of hydrogen-bond acceptors (Lipinski definition) is 2. The normalized spacial score (nSPS) is 9.62. The fourth-order valence-corrected chi connectivity index (χ4v) is 0.928. The highest BCUT2D eigenvalue weighted by atomic mass is 16.2. The first-order valence-corrected chi connectivity index (χ1v) is 4.71. The zero-order valence-electron chi connectivity index (χ0n) is 8.14. The molecule has 4 heteroatoms. The summed E-state index contributed by atoms with van der Waals surface area (Å²) in [5.41, 5.74) is 4.90. The Hall–Kier alpha value is -1.06. The monoisotopic (exact) mass is 186 g/mol. The summed E-state index contributed by atoms with van der Waals surface area (Å²) in [6.45, 7) is 2.81. The second-order valence-electron chi connectivity index (χ2n) is 3.02. The van der Waals surface area contributed by atoms with E-state index in [0.717, 1.165) is 19.3 Å². The molecule has 0 unspecified atom stereocenters. The summed E-state index contributed by atoms with van der Waals surface area (Å²) in [4.78, 5) is 21.3. The molecule has 0 aromatic rings. The lowest BCUT2D eigenvalue weighted by atomic mass is 10.2. The van der Waals surface area contributed by atoms with Gasteiger partial charge in [-0.3, -0.25) is 9.59 Å². The Balaban J connectivity index is 3.25. The molecule has 0 spiro atoms. The number of nitrogens with two attached hydrogens (primary N) is 1. The predicted molar refractivity (Wildman–Crippen MR) is 51.0 cm³/mol. The molecule has 0 radical (unpaired) electrons. The van der Waals surface area contributed by atoms with Crippen LogP contribution in [-0.4, -0.2) is 18.4 Å². The molecule has 13 heavy (non-hydrogen) atoms.